The molecular formula is C16H24Cl2N4O3S2. The van der Waals surface area contributed by atoms with E-state index in [1.54, 1.807) is 23.5 Å². The molecular weight excluding hydrogens is 431 g/mol. The Balaban J connectivity index is 0.00000338. The van der Waals surface area contributed by atoms with Crippen LogP contribution < -0.4 is 15.8 Å². The third-order valence-corrected chi connectivity index (χ3v) is 5.65. The van der Waals surface area contributed by atoms with Gasteiger partial charge in [-0.1, -0.05) is 6.07 Å². The van der Waals surface area contributed by atoms with Crippen molar-refractivity contribution in [3.05, 3.63) is 40.3 Å². The van der Waals surface area contributed by atoms with Crippen LogP contribution in [-0.4, -0.2) is 32.4 Å². The van der Waals surface area contributed by atoms with Gasteiger partial charge in [-0.25, -0.2) is 18.1 Å². The third-order valence-electron chi connectivity index (χ3n) is 3.37. The molecule has 1 heterocycles. The van der Waals surface area contributed by atoms with Gasteiger partial charge in [-0.3, -0.25) is 4.79 Å². The number of aromatic nitrogens is 1. The number of sulfonamides is 1. The van der Waals surface area contributed by atoms with Gasteiger partial charge in [-0.05, 0) is 38.0 Å². The molecule has 1 aromatic heterocycles. The first-order chi connectivity index (χ1) is 11.9. The number of anilines is 1. The van der Waals surface area contributed by atoms with Crippen molar-refractivity contribution in [2.75, 3.05) is 18.4 Å². The largest absolute Gasteiger partial charge is 0.329 e. The topological polar surface area (TPSA) is 114 Å². The third kappa shape index (κ3) is 8.54. The maximum atomic E-state index is 12.1. The molecule has 2 rings (SSSR count). The van der Waals surface area contributed by atoms with Crippen molar-refractivity contribution in [1.29, 1.82) is 0 Å². The lowest BCUT2D eigenvalue weighted by molar-refractivity contribution is -0.116. The van der Waals surface area contributed by atoms with E-state index in [0.29, 0.717) is 18.5 Å². The fourth-order valence-corrected chi connectivity index (χ4v) is 3.93. The number of thiazole rings is 1. The zero-order valence-corrected chi connectivity index (χ0v) is 18.1. The summed E-state index contributed by atoms with van der Waals surface area (Å²) >= 11 is 1.59. The molecule has 1 aromatic carbocycles. The fourth-order valence-electron chi connectivity index (χ4n) is 2.19. The van der Waals surface area contributed by atoms with Crippen molar-refractivity contribution >= 4 is 57.8 Å². The normalized spacial score (nSPS) is 10.6. The number of nitrogens with one attached hydrogen (secondary N) is 2. The van der Waals surface area contributed by atoms with Crippen molar-refractivity contribution < 1.29 is 13.2 Å². The zero-order valence-electron chi connectivity index (χ0n) is 14.8. The van der Waals surface area contributed by atoms with E-state index in [1.165, 1.54) is 12.1 Å². The standard InChI is InChI=1S/C16H22N4O3S2.2ClH/c1-12-19-14(11-24-12)5-3-7-16(21)20-13-4-2-6-15(10-13)25(22,23)18-9-8-17;;/h2,4,6,10-11,18H,3,5,7-9,17H2,1H3,(H,20,21);2*1H. The second kappa shape index (κ2) is 12.3. The van der Waals surface area contributed by atoms with E-state index in [9.17, 15) is 13.2 Å². The van der Waals surface area contributed by atoms with Crippen molar-refractivity contribution in [3.8, 4) is 0 Å². The summed E-state index contributed by atoms with van der Waals surface area (Å²) in [4.78, 5) is 16.5. The van der Waals surface area contributed by atoms with Gasteiger partial charge in [0.15, 0.2) is 0 Å². The number of nitrogens with zero attached hydrogens (tertiary/aromatic N) is 1. The van der Waals surface area contributed by atoms with E-state index >= 15 is 0 Å². The lowest BCUT2D eigenvalue weighted by Gasteiger charge is -2.09. The van der Waals surface area contributed by atoms with E-state index in [2.05, 4.69) is 15.0 Å². The van der Waals surface area contributed by atoms with Gasteiger partial charge in [0.2, 0.25) is 15.9 Å². The lowest BCUT2D eigenvalue weighted by atomic mass is 10.2. The molecule has 7 nitrogen and oxygen atoms in total. The average molecular weight is 455 g/mol. The van der Waals surface area contributed by atoms with Crippen molar-refractivity contribution in [2.24, 2.45) is 5.73 Å². The summed E-state index contributed by atoms with van der Waals surface area (Å²) in [5, 5.41) is 5.74. The summed E-state index contributed by atoms with van der Waals surface area (Å²) in [5.74, 6) is -0.156. The van der Waals surface area contributed by atoms with Gasteiger partial charge in [0.05, 0.1) is 15.6 Å². The van der Waals surface area contributed by atoms with Gasteiger partial charge >= 0.3 is 0 Å². The van der Waals surface area contributed by atoms with Crippen LogP contribution in [0.3, 0.4) is 0 Å². The summed E-state index contributed by atoms with van der Waals surface area (Å²) in [7, 11) is -3.62. The number of hydrogen-bond donors (Lipinski definition) is 3. The Kier molecular flexibility index (Phi) is 11.7. The minimum Gasteiger partial charge on any atom is -0.329 e. The van der Waals surface area contributed by atoms with Gasteiger partial charge in [0, 0.05) is 30.6 Å². The lowest BCUT2D eigenvalue weighted by Crippen LogP contribution is -2.29. The molecule has 27 heavy (non-hydrogen) atoms. The molecule has 4 N–H and O–H groups in total. The van der Waals surface area contributed by atoms with Crippen LogP contribution >= 0.6 is 36.2 Å². The Morgan fingerprint density at radius 3 is 2.67 bits per heavy atom. The average Bonchev–Trinajstić information content (AvgIpc) is 2.98. The highest BCUT2D eigenvalue weighted by molar-refractivity contribution is 7.89. The Morgan fingerprint density at radius 2 is 2.04 bits per heavy atom. The van der Waals surface area contributed by atoms with E-state index in [-0.39, 0.29) is 48.7 Å². The van der Waals surface area contributed by atoms with Crippen LogP contribution in [0.1, 0.15) is 23.5 Å². The first kappa shape index (κ1) is 25.8. The molecule has 0 aliphatic rings. The van der Waals surface area contributed by atoms with Gasteiger partial charge < -0.3 is 11.1 Å². The fraction of sp³-hybridized carbons (Fsp3) is 0.375. The maximum Gasteiger partial charge on any atom is 0.240 e. The Hall–Kier alpha value is -1.23. The maximum absolute atomic E-state index is 12.1. The molecule has 0 fully saturated rings. The Labute approximate surface area is 176 Å². The monoisotopic (exact) mass is 454 g/mol. The molecule has 1 amide bonds. The molecule has 11 heteroatoms. The first-order valence-corrected chi connectivity index (χ1v) is 10.3. The number of amides is 1. The van der Waals surface area contributed by atoms with Gasteiger partial charge in [-0.2, -0.15) is 0 Å². The molecule has 0 unspecified atom stereocenters. The number of halogens is 2. The van der Waals surface area contributed by atoms with E-state index in [4.69, 9.17) is 5.73 Å². The summed E-state index contributed by atoms with van der Waals surface area (Å²) in [6.45, 7) is 2.33. The highest BCUT2D eigenvalue weighted by atomic mass is 35.5. The van der Waals surface area contributed by atoms with Gasteiger partial charge in [-0.15, -0.1) is 36.2 Å². The van der Waals surface area contributed by atoms with Crippen LogP contribution in [0.4, 0.5) is 5.69 Å². The van der Waals surface area contributed by atoms with Crippen LogP contribution in [0.15, 0.2) is 34.5 Å². The molecule has 0 bridgehead atoms. The van der Waals surface area contributed by atoms with Crippen molar-refractivity contribution in [1.82, 2.24) is 9.71 Å². The predicted molar refractivity (Wildman–Crippen MR) is 114 cm³/mol. The second-order valence-electron chi connectivity index (χ2n) is 5.47. The molecule has 152 valence electrons. The number of carbonyl (C=O) groups is 1. The highest BCUT2D eigenvalue weighted by Gasteiger charge is 2.14. The number of carbonyl (C=O) groups excluding carboxylic acids is 1. The predicted octanol–water partition coefficient (Wildman–Crippen LogP) is 2.49. The number of nitrogens with two attached hydrogens (primary N) is 1. The van der Waals surface area contributed by atoms with E-state index < -0.39 is 10.0 Å². The molecule has 0 atom stereocenters. The molecule has 2 aromatic rings. The number of rotatable bonds is 9. The first-order valence-electron chi connectivity index (χ1n) is 7.91. The second-order valence-corrected chi connectivity index (χ2v) is 8.30. The number of aryl methyl sites for hydroxylation is 2. The minimum absolute atomic E-state index is 0. The summed E-state index contributed by atoms with van der Waals surface area (Å²) in [5.41, 5.74) is 6.76. The van der Waals surface area contributed by atoms with E-state index in [1.807, 2.05) is 12.3 Å². The molecule has 0 radical (unpaired) electrons. The SMILES string of the molecule is Cc1nc(CCCC(=O)Nc2cccc(S(=O)(=O)NCCN)c2)cs1.Cl.Cl. The van der Waals surface area contributed by atoms with Crippen molar-refractivity contribution in [2.45, 2.75) is 31.1 Å². The van der Waals surface area contributed by atoms with Crippen molar-refractivity contribution in [3.63, 3.8) is 0 Å². The Morgan fingerprint density at radius 1 is 1.30 bits per heavy atom. The number of hydrogen-bond acceptors (Lipinski definition) is 6. The molecule has 0 spiro atoms. The van der Waals surface area contributed by atoms with Crippen LogP contribution in [0, 0.1) is 6.92 Å². The molecule has 0 aliphatic carbocycles. The molecule has 0 saturated heterocycles. The zero-order chi connectivity index (χ0) is 18.3. The van der Waals surface area contributed by atoms with Crippen LogP contribution in [0.2, 0.25) is 0 Å². The number of benzene rings is 1. The van der Waals surface area contributed by atoms with Crippen LogP contribution in [0.5, 0.6) is 0 Å². The molecule has 0 aliphatic heterocycles. The smallest absolute Gasteiger partial charge is 0.240 e. The summed E-state index contributed by atoms with van der Waals surface area (Å²) in [6, 6.07) is 6.15. The molecule has 0 saturated carbocycles. The quantitative estimate of drug-likeness (QED) is 0.538. The van der Waals surface area contributed by atoms with Gasteiger partial charge in [0.1, 0.15) is 0 Å². The highest BCUT2D eigenvalue weighted by Crippen LogP contribution is 2.16. The van der Waals surface area contributed by atoms with E-state index in [0.717, 1.165) is 17.1 Å². The van der Waals surface area contributed by atoms with Crippen LogP contribution in [-0.2, 0) is 21.2 Å². The summed E-state index contributed by atoms with van der Waals surface area (Å²) in [6.07, 6.45) is 1.78. The minimum atomic E-state index is -3.62. The Bertz CT molecular complexity index is 829. The van der Waals surface area contributed by atoms with Gasteiger partial charge in [0.25, 0.3) is 0 Å². The van der Waals surface area contributed by atoms with Crippen LogP contribution in [0.25, 0.3) is 0 Å². The summed E-state index contributed by atoms with van der Waals surface area (Å²) < 4.78 is 26.5.